The van der Waals surface area contributed by atoms with Gasteiger partial charge in [0.2, 0.25) is 5.91 Å². The highest BCUT2D eigenvalue weighted by molar-refractivity contribution is 5.84. The monoisotopic (exact) mass is 337 g/mol. The molecule has 0 radical (unpaired) electrons. The van der Waals surface area contributed by atoms with E-state index < -0.39 is 0 Å². The van der Waals surface area contributed by atoms with E-state index in [0.29, 0.717) is 25.6 Å². The summed E-state index contributed by atoms with van der Waals surface area (Å²) in [6, 6.07) is 0. The normalized spacial score (nSPS) is 33.5. The number of methoxy groups -OCH3 is 2. The second-order valence-corrected chi connectivity index (χ2v) is 8.16. The fraction of sp³-hybridized carbons (Fsp3) is 0.895. The molecule has 0 aromatic rings. The largest absolute Gasteiger partial charge is 0.469 e. The van der Waals surface area contributed by atoms with Crippen molar-refractivity contribution in [3.8, 4) is 0 Å². The first-order chi connectivity index (χ1) is 11.6. The average Bonchev–Trinajstić information content (AvgIpc) is 2.55. The fourth-order valence-electron chi connectivity index (χ4n) is 5.75. The van der Waals surface area contributed by atoms with Crippen LogP contribution in [0.5, 0.6) is 0 Å². The highest BCUT2D eigenvalue weighted by Crippen LogP contribution is 2.60. The SMILES string of the molecule is COCCCN(CCC(=O)OC)C(=O)C12CC3CC(CC(C3)C1)C2. The zero-order valence-electron chi connectivity index (χ0n) is 15.1. The highest BCUT2D eigenvalue weighted by atomic mass is 16.5. The summed E-state index contributed by atoms with van der Waals surface area (Å²) < 4.78 is 9.89. The maximum absolute atomic E-state index is 13.4. The van der Waals surface area contributed by atoms with E-state index in [1.807, 2.05) is 4.90 Å². The number of hydrogen-bond donors (Lipinski definition) is 0. The Bertz CT molecular complexity index is 441. The van der Waals surface area contributed by atoms with Gasteiger partial charge >= 0.3 is 5.97 Å². The summed E-state index contributed by atoms with van der Waals surface area (Å²) in [5, 5.41) is 0. The Morgan fingerprint density at radius 1 is 1.00 bits per heavy atom. The van der Waals surface area contributed by atoms with E-state index in [4.69, 9.17) is 9.47 Å². The molecule has 4 bridgehead atoms. The lowest BCUT2D eigenvalue weighted by atomic mass is 9.49. The first kappa shape index (κ1) is 17.7. The molecule has 0 N–H and O–H groups in total. The Labute approximate surface area is 145 Å². The number of carbonyl (C=O) groups is 2. The quantitative estimate of drug-likeness (QED) is 0.505. The third-order valence-corrected chi connectivity index (χ3v) is 6.37. The minimum Gasteiger partial charge on any atom is -0.469 e. The minimum atomic E-state index is -0.245. The van der Waals surface area contributed by atoms with Gasteiger partial charge in [0.05, 0.1) is 18.9 Å². The summed E-state index contributed by atoms with van der Waals surface area (Å²) in [5.41, 5.74) is -0.141. The second kappa shape index (κ2) is 7.42. The van der Waals surface area contributed by atoms with Crippen molar-refractivity contribution in [2.75, 3.05) is 33.9 Å². The van der Waals surface area contributed by atoms with Gasteiger partial charge in [0, 0.05) is 26.8 Å². The molecule has 136 valence electrons. The standard InChI is InChI=1S/C19H31NO4/c1-23-7-3-5-20(6-4-17(21)24-2)18(22)19-11-14-8-15(12-19)10-16(9-14)13-19/h14-16H,3-13H2,1-2H3. The second-order valence-electron chi connectivity index (χ2n) is 8.16. The van der Waals surface area contributed by atoms with Crippen molar-refractivity contribution < 1.29 is 19.1 Å². The van der Waals surface area contributed by atoms with Crippen LogP contribution in [0.1, 0.15) is 51.4 Å². The van der Waals surface area contributed by atoms with E-state index in [0.717, 1.165) is 43.4 Å². The van der Waals surface area contributed by atoms with E-state index in [2.05, 4.69) is 0 Å². The molecule has 0 unspecified atom stereocenters. The van der Waals surface area contributed by atoms with Gasteiger partial charge in [-0.2, -0.15) is 0 Å². The lowest BCUT2D eigenvalue weighted by molar-refractivity contribution is -0.158. The van der Waals surface area contributed by atoms with Gasteiger partial charge in [-0.25, -0.2) is 0 Å². The van der Waals surface area contributed by atoms with Crippen LogP contribution >= 0.6 is 0 Å². The van der Waals surface area contributed by atoms with Crippen LogP contribution in [-0.4, -0.2) is 50.7 Å². The predicted molar refractivity (Wildman–Crippen MR) is 90.3 cm³/mol. The van der Waals surface area contributed by atoms with E-state index >= 15 is 0 Å². The summed E-state index contributed by atoms with van der Waals surface area (Å²) in [5.74, 6) is 2.30. The first-order valence-corrected chi connectivity index (χ1v) is 9.41. The van der Waals surface area contributed by atoms with Gasteiger partial charge in [0.15, 0.2) is 0 Å². The number of esters is 1. The molecule has 4 aliphatic rings. The summed E-state index contributed by atoms with van der Waals surface area (Å²) in [4.78, 5) is 26.9. The lowest BCUT2D eigenvalue weighted by Crippen LogP contribution is -2.55. The molecule has 5 nitrogen and oxygen atoms in total. The van der Waals surface area contributed by atoms with Crippen molar-refractivity contribution in [3.05, 3.63) is 0 Å². The molecule has 0 saturated heterocycles. The first-order valence-electron chi connectivity index (χ1n) is 9.41. The van der Waals surface area contributed by atoms with Crippen LogP contribution in [0.4, 0.5) is 0 Å². The third-order valence-electron chi connectivity index (χ3n) is 6.37. The molecule has 0 heterocycles. The summed E-state index contributed by atoms with van der Waals surface area (Å²) in [6.07, 6.45) is 8.29. The van der Waals surface area contributed by atoms with E-state index in [1.54, 1.807) is 7.11 Å². The van der Waals surface area contributed by atoms with Gasteiger partial charge in [-0.3, -0.25) is 9.59 Å². The van der Waals surface area contributed by atoms with Crippen molar-refractivity contribution in [2.24, 2.45) is 23.2 Å². The molecule has 0 aromatic carbocycles. The Morgan fingerprint density at radius 2 is 1.58 bits per heavy atom. The summed E-state index contributed by atoms with van der Waals surface area (Å²) in [7, 11) is 3.08. The van der Waals surface area contributed by atoms with Crippen molar-refractivity contribution >= 4 is 11.9 Å². The van der Waals surface area contributed by atoms with E-state index in [-0.39, 0.29) is 17.8 Å². The topological polar surface area (TPSA) is 55.8 Å². The molecule has 4 saturated carbocycles. The van der Waals surface area contributed by atoms with Gasteiger partial charge in [0.25, 0.3) is 0 Å². The highest BCUT2D eigenvalue weighted by Gasteiger charge is 2.55. The number of amides is 1. The Morgan fingerprint density at radius 3 is 2.08 bits per heavy atom. The van der Waals surface area contributed by atoms with Gasteiger partial charge in [0.1, 0.15) is 0 Å². The molecule has 0 spiro atoms. The zero-order valence-corrected chi connectivity index (χ0v) is 15.1. The van der Waals surface area contributed by atoms with Gasteiger partial charge < -0.3 is 14.4 Å². The van der Waals surface area contributed by atoms with Gasteiger partial charge in [-0.05, 0) is 62.7 Å². The van der Waals surface area contributed by atoms with Crippen LogP contribution in [0, 0.1) is 23.2 Å². The molecule has 4 aliphatic carbocycles. The van der Waals surface area contributed by atoms with Crippen LogP contribution in [0.3, 0.4) is 0 Å². The van der Waals surface area contributed by atoms with Crippen molar-refractivity contribution in [3.63, 3.8) is 0 Å². The van der Waals surface area contributed by atoms with Crippen LogP contribution < -0.4 is 0 Å². The van der Waals surface area contributed by atoms with Crippen molar-refractivity contribution in [2.45, 2.75) is 51.4 Å². The van der Waals surface area contributed by atoms with Gasteiger partial charge in [-0.1, -0.05) is 0 Å². The molecule has 4 rings (SSSR count). The van der Waals surface area contributed by atoms with Crippen LogP contribution in [0.15, 0.2) is 0 Å². The van der Waals surface area contributed by atoms with Crippen LogP contribution in [-0.2, 0) is 19.1 Å². The molecule has 24 heavy (non-hydrogen) atoms. The number of rotatable bonds is 8. The number of carbonyl (C=O) groups excluding carboxylic acids is 2. The van der Waals surface area contributed by atoms with E-state index in [1.165, 1.54) is 26.4 Å². The number of hydrogen-bond acceptors (Lipinski definition) is 4. The Hall–Kier alpha value is -1.10. The van der Waals surface area contributed by atoms with Crippen LogP contribution in [0.2, 0.25) is 0 Å². The maximum Gasteiger partial charge on any atom is 0.307 e. The Balaban J connectivity index is 1.68. The molecule has 4 fully saturated rings. The molecular weight excluding hydrogens is 306 g/mol. The summed E-state index contributed by atoms with van der Waals surface area (Å²) in [6.45, 7) is 1.78. The maximum atomic E-state index is 13.4. The van der Waals surface area contributed by atoms with Crippen LogP contribution in [0.25, 0.3) is 0 Å². The Kier molecular flexibility index (Phi) is 5.48. The lowest BCUT2D eigenvalue weighted by Gasteiger charge is -2.56. The predicted octanol–water partition coefficient (Wildman–Crippen LogP) is 2.63. The number of ether oxygens (including phenoxy) is 2. The summed E-state index contributed by atoms with van der Waals surface area (Å²) >= 11 is 0. The third kappa shape index (κ3) is 3.61. The van der Waals surface area contributed by atoms with E-state index in [9.17, 15) is 9.59 Å². The van der Waals surface area contributed by atoms with Gasteiger partial charge in [-0.15, -0.1) is 0 Å². The molecule has 0 aliphatic heterocycles. The van der Waals surface area contributed by atoms with Crippen molar-refractivity contribution in [1.82, 2.24) is 4.90 Å². The molecule has 0 atom stereocenters. The van der Waals surface area contributed by atoms with Crippen molar-refractivity contribution in [1.29, 1.82) is 0 Å². The fourth-order valence-corrected chi connectivity index (χ4v) is 5.75. The molecule has 5 heteroatoms. The zero-order chi connectivity index (χ0) is 17.2. The minimum absolute atomic E-state index is 0.141. The number of nitrogens with zero attached hydrogens (tertiary/aromatic N) is 1. The smallest absolute Gasteiger partial charge is 0.307 e. The molecule has 0 aromatic heterocycles. The average molecular weight is 337 g/mol. The molecular formula is C19H31NO4. The molecule has 1 amide bonds.